The van der Waals surface area contributed by atoms with Crippen LogP contribution in [0.15, 0.2) is 84.0 Å². The number of aromatic amines is 1. The summed E-state index contributed by atoms with van der Waals surface area (Å²) in [5.74, 6) is -0.0550. The summed E-state index contributed by atoms with van der Waals surface area (Å²) in [5, 5.41) is 4.14. The second-order valence-corrected chi connectivity index (χ2v) is 7.26. The van der Waals surface area contributed by atoms with E-state index in [2.05, 4.69) is 34.4 Å². The van der Waals surface area contributed by atoms with Crippen molar-refractivity contribution in [1.29, 1.82) is 0 Å². The van der Waals surface area contributed by atoms with Gasteiger partial charge in [-0.3, -0.25) is 4.79 Å². The zero-order valence-electron chi connectivity index (χ0n) is 15.7. The Kier molecular flexibility index (Phi) is 4.21. The molecule has 5 rings (SSSR count). The summed E-state index contributed by atoms with van der Waals surface area (Å²) in [6.07, 6.45) is 0.794. The van der Waals surface area contributed by atoms with Crippen LogP contribution in [0, 0.1) is 4.91 Å². The molecular weight excluding hydrogens is 362 g/mol. The van der Waals surface area contributed by atoms with Gasteiger partial charge < -0.3 is 9.88 Å². The number of H-pyrrole nitrogens is 1. The molecular formula is C24H19N3O2. The Balaban J connectivity index is 1.63. The van der Waals surface area contributed by atoms with Crippen LogP contribution in [-0.4, -0.2) is 22.3 Å². The summed E-state index contributed by atoms with van der Waals surface area (Å²) in [6.45, 7) is 0.626. The summed E-state index contributed by atoms with van der Waals surface area (Å²) in [6, 6.07) is 24.7. The highest BCUT2D eigenvalue weighted by atomic mass is 16.3. The highest BCUT2D eigenvalue weighted by Gasteiger charge is 2.34. The first-order chi connectivity index (χ1) is 14.3. The first-order valence-corrected chi connectivity index (χ1v) is 9.65. The maximum absolute atomic E-state index is 13.4. The number of carbonyl (C=O) groups excluding carboxylic acids is 1. The topological polar surface area (TPSA) is 65.5 Å². The molecule has 29 heavy (non-hydrogen) atoms. The van der Waals surface area contributed by atoms with E-state index in [-0.39, 0.29) is 11.9 Å². The number of carbonyl (C=O) groups is 1. The molecule has 1 atom stereocenters. The van der Waals surface area contributed by atoms with Gasteiger partial charge in [0.25, 0.3) is 5.91 Å². The SMILES string of the molecule is O=Nc1ccc(C(=O)N2CCc3c([nH]c4ccccc34)C2c2ccccc2)cc1. The number of nitrogens with zero attached hydrogens (tertiary/aromatic N) is 2. The van der Waals surface area contributed by atoms with Gasteiger partial charge in [-0.1, -0.05) is 48.5 Å². The molecule has 1 unspecified atom stereocenters. The Labute approximate surface area is 168 Å². The van der Waals surface area contributed by atoms with Crippen LogP contribution >= 0.6 is 0 Å². The van der Waals surface area contributed by atoms with Crippen LogP contribution in [0.4, 0.5) is 5.69 Å². The standard InChI is InChI=1S/C24H19N3O2/c28-24(17-10-12-18(26-29)13-11-17)27-15-14-20-19-8-4-5-9-21(19)25-22(20)23(27)16-6-2-1-3-7-16/h1-13,23,25H,14-15H2. The number of amides is 1. The van der Waals surface area contributed by atoms with Crippen molar-refractivity contribution < 1.29 is 4.79 Å². The molecule has 0 bridgehead atoms. The average Bonchev–Trinajstić information content (AvgIpc) is 3.17. The van der Waals surface area contributed by atoms with E-state index in [1.807, 2.05) is 35.2 Å². The van der Waals surface area contributed by atoms with Crippen molar-refractivity contribution in [2.45, 2.75) is 12.5 Å². The summed E-state index contributed by atoms with van der Waals surface area (Å²) >= 11 is 0. The Morgan fingerprint density at radius 2 is 1.66 bits per heavy atom. The van der Waals surface area contributed by atoms with E-state index in [9.17, 15) is 9.70 Å². The lowest BCUT2D eigenvalue weighted by Gasteiger charge is -2.36. The second-order valence-electron chi connectivity index (χ2n) is 7.26. The van der Waals surface area contributed by atoms with Crippen molar-refractivity contribution in [3.05, 3.63) is 106 Å². The molecule has 0 radical (unpaired) electrons. The average molecular weight is 381 g/mol. The van der Waals surface area contributed by atoms with Crippen molar-refractivity contribution in [1.82, 2.24) is 9.88 Å². The molecule has 0 spiro atoms. The molecule has 1 amide bonds. The van der Waals surface area contributed by atoms with Gasteiger partial charge in [0, 0.05) is 28.7 Å². The Morgan fingerprint density at radius 3 is 2.41 bits per heavy atom. The zero-order chi connectivity index (χ0) is 19.8. The largest absolute Gasteiger partial charge is 0.356 e. The molecule has 1 N–H and O–H groups in total. The number of hydrogen-bond acceptors (Lipinski definition) is 3. The molecule has 4 aromatic rings. The maximum Gasteiger partial charge on any atom is 0.254 e. The van der Waals surface area contributed by atoms with Crippen molar-refractivity contribution in [2.24, 2.45) is 5.18 Å². The summed E-state index contributed by atoms with van der Waals surface area (Å²) in [5.41, 5.74) is 5.38. The number of rotatable bonds is 3. The lowest BCUT2D eigenvalue weighted by Crippen LogP contribution is -2.40. The molecule has 5 heteroatoms. The van der Waals surface area contributed by atoms with E-state index in [1.165, 1.54) is 10.9 Å². The monoisotopic (exact) mass is 381 g/mol. The highest BCUT2D eigenvalue weighted by molar-refractivity contribution is 5.96. The fourth-order valence-corrected chi connectivity index (χ4v) is 4.27. The second kappa shape index (κ2) is 7.02. The Hall–Kier alpha value is -3.73. The van der Waals surface area contributed by atoms with Gasteiger partial charge in [-0.15, -0.1) is 4.91 Å². The lowest BCUT2D eigenvalue weighted by atomic mass is 9.91. The van der Waals surface area contributed by atoms with Crippen molar-refractivity contribution >= 4 is 22.5 Å². The number of hydrogen-bond donors (Lipinski definition) is 1. The van der Waals surface area contributed by atoms with Crippen LogP contribution in [0.2, 0.25) is 0 Å². The van der Waals surface area contributed by atoms with Crippen molar-refractivity contribution in [3.63, 3.8) is 0 Å². The smallest absolute Gasteiger partial charge is 0.254 e. The predicted molar refractivity (Wildman–Crippen MR) is 113 cm³/mol. The van der Waals surface area contributed by atoms with Crippen LogP contribution in [0.3, 0.4) is 0 Å². The van der Waals surface area contributed by atoms with Crippen LogP contribution in [0.25, 0.3) is 10.9 Å². The summed E-state index contributed by atoms with van der Waals surface area (Å²) in [7, 11) is 0. The van der Waals surface area contributed by atoms with Gasteiger partial charge in [-0.2, -0.15) is 0 Å². The minimum atomic E-state index is -0.191. The van der Waals surface area contributed by atoms with Crippen LogP contribution in [0.5, 0.6) is 0 Å². The molecule has 3 aromatic carbocycles. The molecule has 0 saturated carbocycles. The van der Waals surface area contributed by atoms with Crippen LogP contribution < -0.4 is 0 Å². The first-order valence-electron chi connectivity index (χ1n) is 9.65. The lowest BCUT2D eigenvalue weighted by molar-refractivity contribution is 0.0692. The van der Waals surface area contributed by atoms with E-state index in [0.717, 1.165) is 23.2 Å². The third-order valence-electron chi connectivity index (χ3n) is 5.63. The fourth-order valence-electron chi connectivity index (χ4n) is 4.27. The van der Waals surface area contributed by atoms with Gasteiger partial charge in [0.15, 0.2) is 0 Å². The van der Waals surface area contributed by atoms with E-state index in [0.29, 0.717) is 17.8 Å². The van der Waals surface area contributed by atoms with Gasteiger partial charge in [0.1, 0.15) is 5.69 Å². The third kappa shape index (κ3) is 2.91. The number of nitrogens with one attached hydrogen (secondary N) is 1. The third-order valence-corrected chi connectivity index (χ3v) is 5.63. The number of nitroso groups, excluding NO2 is 1. The Bertz CT molecular complexity index is 1200. The molecule has 5 nitrogen and oxygen atoms in total. The van der Waals surface area contributed by atoms with Crippen molar-refractivity contribution in [3.8, 4) is 0 Å². The van der Waals surface area contributed by atoms with Gasteiger partial charge in [0.05, 0.1) is 6.04 Å². The summed E-state index contributed by atoms with van der Waals surface area (Å²) in [4.78, 5) is 29.6. The molecule has 0 fully saturated rings. The van der Waals surface area contributed by atoms with E-state index in [4.69, 9.17) is 0 Å². The molecule has 1 aliphatic rings. The van der Waals surface area contributed by atoms with Gasteiger partial charge in [0.2, 0.25) is 0 Å². The molecule has 0 saturated heterocycles. The summed E-state index contributed by atoms with van der Waals surface area (Å²) < 4.78 is 0. The highest BCUT2D eigenvalue weighted by Crippen LogP contribution is 2.39. The van der Waals surface area contributed by atoms with E-state index >= 15 is 0 Å². The maximum atomic E-state index is 13.4. The van der Waals surface area contributed by atoms with Gasteiger partial charge in [-0.05, 0) is 53.1 Å². The number of aromatic nitrogens is 1. The molecule has 0 aliphatic carbocycles. The van der Waals surface area contributed by atoms with Gasteiger partial charge >= 0.3 is 0 Å². The first kappa shape index (κ1) is 17.4. The number of para-hydroxylation sites is 1. The van der Waals surface area contributed by atoms with E-state index in [1.54, 1.807) is 24.3 Å². The van der Waals surface area contributed by atoms with Gasteiger partial charge in [-0.25, -0.2) is 0 Å². The van der Waals surface area contributed by atoms with Crippen LogP contribution in [0.1, 0.15) is 33.2 Å². The molecule has 1 aliphatic heterocycles. The molecule has 142 valence electrons. The predicted octanol–water partition coefficient (Wildman–Crippen LogP) is 5.35. The minimum absolute atomic E-state index is 0.0550. The number of fused-ring (bicyclic) bond motifs is 3. The minimum Gasteiger partial charge on any atom is -0.356 e. The molecule has 1 aromatic heterocycles. The zero-order valence-corrected chi connectivity index (χ0v) is 15.7. The van der Waals surface area contributed by atoms with Crippen molar-refractivity contribution in [2.75, 3.05) is 6.54 Å². The quantitative estimate of drug-likeness (QED) is 0.486. The Morgan fingerprint density at radius 1 is 0.931 bits per heavy atom. The fraction of sp³-hybridized carbons (Fsp3) is 0.125. The number of benzene rings is 3. The normalized spacial score (nSPS) is 15.9. The van der Waals surface area contributed by atoms with E-state index < -0.39 is 0 Å². The molecule has 2 heterocycles. The van der Waals surface area contributed by atoms with Crippen LogP contribution in [-0.2, 0) is 6.42 Å².